The van der Waals surface area contributed by atoms with Crippen molar-refractivity contribution in [3.05, 3.63) is 35.4 Å². The van der Waals surface area contributed by atoms with Gasteiger partial charge in [0.25, 0.3) is 0 Å². The molecule has 0 amide bonds. The molecule has 2 atom stereocenters. The van der Waals surface area contributed by atoms with E-state index in [1.54, 1.807) is 12.1 Å². The Balaban J connectivity index is 2.76. The molecule has 0 aliphatic heterocycles. The maximum Gasteiger partial charge on any atom is 0.323 e. The first kappa shape index (κ1) is 13.7. The van der Waals surface area contributed by atoms with Gasteiger partial charge in [0.2, 0.25) is 0 Å². The maximum atomic E-state index is 10.6. The van der Waals surface area contributed by atoms with E-state index in [1.807, 2.05) is 12.1 Å². The normalized spacial score (nSPS) is 14.6. The smallest absolute Gasteiger partial charge is 0.323 e. The topological polar surface area (TPSA) is 83.5 Å². The number of benzene rings is 1. The van der Waals surface area contributed by atoms with Gasteiger partial charge in [-0.05, 0) is 23.5 Å². The van der Waals surface area contributed by atoms with Crippen LogP contribution in [0.3, 0.4) is 0 Å². The number of aliphatic carboxylic acids is 1. The van der Waals surface area contributed by atoms with Crippen molar-refractivity contribution in [2.45, 2.75) is 32.4 Å². The number of nitrogens with two attached hydrogens (primary N) is 1. The standard InChI is InChI=1S/C13H19NO3/c1-8(2)7-9-3-5-10(6-4-9)12(15)11(14)13(16)17/h3-6,8,11-12,15H,7,14H2,1-2H3,(H,16,17). The molecule has 1 aromatic rings. The van der Waals surface area contributed by atoms with Crippen LogP contribution in [0.25, 0.3) is 0 Å². The van der Waals surface area contributed by atoms with Crippen LogP contribution in [0.2, 0.25) is 0 Å². The Morgan fingerprint density at radius 1 is 1.29 bits per heavy atom. The van der Waals surface area contributed by atoms with Crippen LogP contribution in [0.1, 0.15) is 31.1 Å². The van der Waals surface area contributed by atoms with Gasteiger partial charge in [-0.3, -0.25) is 4.79 Å². The molecule has 4 heteroatoms. The fourth-order valence-electron chi connectivity index (χ4n) is 1.66. The Morgan fingerprint density at radius 3 is 2.24 bits per heavy atom. The van der Waals surface area contributed by atoms with Gasteiger partial charge in [0.1, 0.15) is 12.1 Å². The van der Waals surface area contributed by atoms with Crippen LogP contribution < -0.4 is 5.73 Å². The summed E-state index contributed by atoms with van der Waals surface area (Å²) in [4.78, 5) is 10.6. The van der Waals surface area contributed by atoms with Gasteiger partial charge in [0.05, 0.1) is 0 Å². The SMILES string of the molecule is CC(C)Cc1ccc(C(O)C(N)C(=O)O)cc1. The molecule has 0 bridgehead atoms. The minimum Gasteiger partial charge on any atom is -0.480 e. The van der Waals surface area contributed by atoms with Gasteiger partial charge in [0, 0.05) is 0 Å². The van der Waals surface area contributed by atoms with E-state index in [2.05, 4.69) is 13.8 Å². The maximum absolute atomic E-state index is 10.6. The Kier molecular flexibility index (Phi) is 4.66. The molecule has 4 nitrogen and oxygen atoms in total. The van der Waals surface area contributed by atoms with Crippen molar-refractivity contribution in [2.24, 2.45) is 11.7 Å². The summed E-state index contributed by atoms with van der Waals surface area (Å²) in [5.41, 5.74) is 7.06. The molecule has 1 rings (SSSR count). The zero-order chi connectivity index (χ0) is 13.0. The fourth-order valence-corrected chi connectivity index (χ4v) is 1.66. The molecular weight excluding hydrogens is 218 g/mol. The van der Waals surface area contributed by atoms with Gasteiger partial charge in [-0.25, -0.2) is 0 Å². The van der Waals surface area contributed by atoms with Crippen molar-refractivity contribution < 1.29 is 15.0 Å². The zero-order valence-corrected chi connectivity index (χ0v) is 10.1. The molecule has 0 fully saturated rings. The van der Waals surface area contributed by atoms with E-state index in [-0.39, 0.29) is 0 Å². The van der Waals surface area contributed by atoms with Gasteiger partial charge < -0.3 is 15.9 Å². The van der Waals surface area contributed by atoms with Crippen LogP contribution in [-0.2, 0) is 11.2 Å². The lowest BCUT2D eigenvalue weighted by atomic mass is 9.98. The van der Waals surface area contributed by atoms with E-state index in [4.69, 9.17) is 10.8 Å². The van der Waals surface area contributed by atoms with Crippen molar-refractivity contribution in [1.29, 1.82) is 0 Å². The lowest BCUT2D eigenvalue weighted by molar-refractivity contribution is -0.141. The molecule has 94 valence electrons. The van der Waals surface area contributed by atoms with Crippen molar-refractivity contribution >= 4 is 5.97 Å². The Hall–Kier alpha value is -1.39. The minimum atomic E-state index is -1.29. The highest BCUT2D eigenvalue weighted by molar-refractivity contribution is 5.74. The third kappa shape index (κ3) is 3.84. The highest BCUT2D eigenvalue weighted by atomic mass is 16.4. The Morgan fingerprint density at radius 2 is 1.82 bits per heavy atom. The monoisotopic (exact) mass is 237 g/mol. The minimum absolute atomic E-state index is 0.535. The quantitative estimate of drug-likeness (QED) is 0.721. The fraction of sp³-hybridized carbons (Fsp3) is 0.462. The highest BCUT2D eigenvalue weighted by Gasteiger charge is 2.23. The van der Waals surface area contributed by atoms with E-state index in [1.165, 1.54) is 5.56 Å². The predicted molar refractivity (Wildman–Crippen MR) is 65.6 cm³/mol. The van der Waals surface area contributed by atoms with Crippen molar-refractivity contribution in [3.8, 4) is 0 Å². The van der Waals surface area contributed by atoms with Gasteiger partial charge in [0.15, 0.2) is 0 Å². The van der Waals surface area contributed by atoms with Crippen LogP contribution in [0, 0.1) is 5.92 Å². The molecule has 0 aliphatic carbocycles. The van der Waals surface area contributed by atoms with Gasteiger partial charge in [-0.2, -0.15) is 0 Å². The summed E-state index contributed by atoms with van der Waals surface area (Å²) in [5, 5.41) is 18.4. The van der Waals surface area contributed by atoms with Crippen LogP contribution >= 0.6 is 0 Å². The first-order chi connectivity index (χ1) is 7.91. The molecule has 0 saturated heterocycles. The van der Waals surface area contributed by atoms with Crippen LogP contribution in [0.5, 0.6) is 0 Å². The molecule has 1 aromatic carbocycles. The number of hydrogen-bond acceptors (Lipinski definition) is 3. The summed E-state index contributed by atoms with van der Waals surface area (Å²) in [7, 11) is 0. The summed E-state index contributed by atoms with van der Waals surface area (Å²) >= 11 is 0. The second-order valence-electron chi connectivity index (χ2n) is 4.65. The number of aliphatic hydroxyl groups excluding tert-OH is 1. The average molecular weight is 237 g/mol. The Labute approximate surface area is 101 Å². The summed E-state index contributed by atoms with van der Waals surface area (Å²) < 4.78 is 0. The molecule has 0 aliphatic rings. The first-order valence-electron chi connectivity index (χ1n) is 5.67. The number of carbonyl (C=O) groups is 1. The van der Waals surface area contributed by atoms with Gasteiger partial charge >= 0.3 is 5.97 Å². The predicted octanol–water partition coefficient (Wildman–Crippen LogP) is 1.33. The van der Waals surface area contributed by atoms with Crippen LogP contribution in [0.4, 0.5) is 0 Å². The summed E-state index contributed by atoms with van der Waals surface area (Å²) in [5.74, 6) is -0.643. The summed E-state index contributed by atoms with van der Waals surface area (Å²) in [6.07, 6.45) is -0.206. The van der Waals surface area contributed by atoms with E-state index < -0.39 is 18.1 Å². The largest absolute Gasteiger partial charge is 0.480 e. The third-order valence-corrected chi connectivity index (χ3v) is 2.59. The molecule has 0 heterocycles. The number of hydrogen-bond donors (Lipinski definition) is 3. The number of carboxylic acid groups (broad SMARTS) is 1. The van der Waals surface area contributed by atoms with Crippen molar-refractivity contribution in [3.63, 3.8) is 0 Å². The number of rotatable bonds is 5. The van der Waals surface area contributed by atoms with E-state index >= 15 is 0 Å². The molecule has 2 unspecified atom stereocenters. The summed E-state index contributed by atoms with van der Waals surface area (Å²) in [6, 6.07) is 5.96. The second-order valence-corrected chi connectivity index (χ2v) is 4.65. The molecule has 0 radical (unpaired) electrons. The molecule has 0 aromatic heterocycles. The second kappa shape index (κ2) is 5.80. The van der Waals surface area contributed by atoms with E-state index in [0.29, 0.717) is 11.5 Å². The van der Waals surface area contributed by atoms with Crippen molar-refractivity contribution in [1.82, 2.24) is 0 Å². The average Bonchev–Trinajstić information content (AvgIpc) is 2.27. The molecule has 17 heavy (non-hydrogen) atoms. The molecule has 4 N–H and O–H groups in total. The lowest BCUT2D eigenvalue weighted by Gasteiger charge is -2.15. The number of carboxylic acids is 1. The first-order valence-corrected chi connectivity index (χ1v) is 5.67. The lowest BCUT2D eigenvalue weighted by Crippen LogP contribution is -2.36. The summed E-state index contributed by atoms with van der Waals surface area (Å²) in [6.45, 7) is 4.26. The van der Waals surface area contributed by atoms with E-state index in [9.17, 15) is 9.90 Å². The van der Waals surface area contributed by atoms with Crippen LogP contribution in [0.15, 0.2) is 24.3 Å². The van der Waals surface area contributed by atoms with Crippen LogP contribution in [-0.4, -0.2) is 22.2 Å². The zero-order valence-electron chi connectivity index (χ0n) is 10.1. The van der Waals surface area contributed by atoms with Gasteiger partial charge in [-0.15, -0.1) is 0 Å². The highest BCUT2D eigenvalue weighted by Crippen LogP contribution is 2.18. The van der Waals surface area contributed by atoms with Gasteiger partial charge in [-0.1, -0.05) is 38.1 Å². The third-order valence-electron chi connectivity index (χ3n) is 2.59. The Bertz CT molecular complexity index is 373. The molecular formula is C13H19NO3. The number of aliphatic hydroxyl groups is 1. The molecule has 0 spiro atoms. The van der Waals surface area contributed by atoms with E-state index in [0.717, 1.165) is 6.42 Å². The van der Waals surface area contributed by atoms with Crippen molar-refractivity contribution in [2.75, 3.05) is 0 Å². The molecule has 0 saturated carbocycles.